The smallest absolute Gasteiger partial charge is 0.317 e. The Bertz CT molecular complexity index is 484. The molecule has 0 bridgehead atoms. The minimum absolute atomic E-state index is 0.0213. The van der Waals surface area contributed by atoms with Crippen molar-refractivity contribution in [1.29, 1.82) is 0 Å². The molecule has 1 saturated heterocycles. The predicted molar refractivity (Wildman–Crippen MR) is 89.1 cm³/mol. The molecule has 0 saturated carbocycles. The van der Waals surface area contributed by atoms with Gasteiger partial charge in [0.05, 0.1) is 12.6 Å². The summed E-state index contributed by atoms with van der Waals surface area (Å²) in [6, 6.07) is 7.60. The van der Waals surface area contributed by atoms with Crippen molar-refractivity contribution in [3.05, 3.63) is 34.9 Å². The third-order valence-corrected chi connectivity index (χ3v) is 4.33. The molecule has 1 fully saturated rings. The van der Waals surface area contributed by atoms with Crippen molar-refractivity contribution in [2.45, 2.75) is 26.3 Å². The number of nitrogens with zero attached hydrogens (tertiary/aromatic N) is 1. The lowest BCUT2D eigenvalue weighted by molar-refractivity contribution is 0.169. The summed E-state index contributed by atoms with van der Waals surface area (Å²) in [6.07, 6.45) is 1.03. The Morgan fingerprint density at radius 2 is 2.09 bits per heavy atom. The largest absolute Gasteiger partial charge is 0.381 e. The van der Waals surface area contributed by atoms with E-state index in [1.165, 1.54) is 0 Å². The normalized spacial score (nSPS) is 19.2. The van der Waals surface area contributed by atoms with Crippen molar-refractivity contribution in [1.82, 2.24) is 10.2 Å². The van der Waals surface area contributed by atoms with Crippen molar-refractivity contribution < 1.29 is 9.53 Å². The molecule has 1 aliphatic heterocycles. The zero-order valence-electron chi connectivity index (χ0n) is 13.5. The lowest BCUT2D eigenvalue weighted by Gasteiger charge is -2.27. The van der Waals surface area contributed by atoms with Crippen LogP contribution in [-0.4, -0.2) is 37.7 Å². The Kier molecular flexibility index (Phi) is 6.09. The summed E-state index contributed by atoms with van der Waals surface area (Å²) >= 11 is 5.94. The molecule has 4 nitrogen and oxygen atoms in total. The zero-order valence-corrected chi connectivity index (χ0v) is 14.3. The van der Waals surface area contributed by atoms with E-state index in [0.29, 0.717) is 16.9 Å². The van der Waals surface area contributed by atoms with Crippen LogP contribution in [0.25, 0.3) is 0 Å². The molecular weight excluding hydrogens is 300 g/mol. The Morgan fingerprint density at radius 3 is 2.64 bits per heavy atom. The van der Waals surface area contributed by atoms with Gasteiger partial charge in [-0.25, -0.2) is 4.79 Å². The van der Waals surface area contributed by atoms with Gasteiger partial charge in [0.25, 0.3) is 0 Å². The predicted octanol–water partition coefficient (Wildman–Crippen LogP) is 3.72. The molecule has 122 valence electrons. The summed E-state index contributed by atoms with van der Waals surface area (Å²) in [7, 11) is 1.84. The van der Waals surface area contributed by atoms with E-state index in [0.717, 1.165) is 31.7 Å². The van der Waals surface area contributed by atoms with E-state index in [9.17, 15) is 4.79 Å². The summed E-state index contributed by atoms with van der Waals surface area (Å²) in [6.45, 7) is 6.49. The number of ether oxygens (including phenoxy) is 1. The van der Waals surface area contributed by atoms with Gasteiger partial charge in [0, 0.05) is 31.1 Å². The van der Waals surface area contributed by atoms with Gasteiger partial charge in [-0.2, -0.15) is 0 Å². The molecular formula is C17H25ClN2O2. The molecule has 1 aromatic carbocycles. The number of nitrogens with one attached hydrogen (secondary N) is 1. The van der Waals surface area contributed by atoms with Crippen LogP contribution in [0.15, 0.2) is 24.3 Å². The molecule has 1 heterocycles. The number of amides is 2. The van der Waals surface area contributed by atoms with Gasteiger partial charge in [-0.3, -0.25) is 0 Å². The molecule has 0 radical (unpaired) electrons. The fourth-order valence-electron chi connectivity index (χ4n) is 2.75. The molecule has 2 amide bonds. The highest BCUT2D eigenvalue weighted by molar-refractivity contribution is 6.30. The first-order valence-electron chi connectivity index (χ1n) is 7.82. The highest BCUT2D eigenvalue weighted by Gasteiger charge is 2.23. The lowest BCUT2D eigenvalue weighted by Crippen LogP contribution is -2.42. The van der Waals surface area contributed by atoms with Crippen LogP contribution >= 0.6 is 11.6 Å². The molecule has 0 aromatic heterocycles. The van der Waals surface area contributed by atoms with E-state index in [4.69, 9.17) is 16.3 Å². The van der Waals surface area contributed by atoms with Crippen molar-refractivity contribution in [2.75, 3.05) is 26.8 Å². The molecule has 5 heteroatoms. The summed E-state index contributed by atoms with van der Waals surface area (Å²) in [5, 5.41) is 3.83. The monoisotopic (exact) mass is 324 g/mol. The molecule has 1 N–H and O–H groups in total. The number of halogens is 1. The van der Waals surface area contributed by atoms with Crippen molar-refractivity contribution >= 4 is 17.6 Å². The molecule has 22 heavy (non-hydrogen) atoms. The summed E-state index contributed by atoms with van der Waals surface area (Å²) < 4.78 is 5.37. The van der Waals surface area contributed by atoms with Gasteiger partial charge in [-0.05, 0) is 30.0 Å². The summed E-state index contributed by atoms with van der Waals surface area (Å²) in [5.41, 5.74) is 1.07. The second-order valence-corrected chi connectivity index (χ2v) is 6.77. The van der Waals surface area contributed by atoms with Crippen LogP contribution in [0.1, 0.15) is 31.9 Å². The highest BCUT2D eigenvalue weighted by Crippen LogP contribution is 2.23. The average molecular weight is 325 g/mol. The minimum atomic E-state index is -0.0412. The average Bonchev–Trinajstić information content (AvgIpc) is 2.98. The standard InChI is InChI=1S/C17H25ClN2O2/c1-12(2)16(14-4-6-15(18)7-5-14)19-17(21)20(3)10-13-8-9-22-11-13/h4-7,12-13,16H,8-11H2,1-3H3,(H,19,21)/t13-,16+/m0/s1. The number of urea groups is 1. The Hall–Kier alpha value is -1.26. The second-order valence-electron chi connectivity index (χ2n) is 6.33. The second kappa shape index (κ2) is 7.84. The van der Waals surface area contributed by atoms with Crippen molar-refractivity contribution in [3.8, 4) is 0 Å². The number of carbonyl (C=O) groups is 1. The van der Waals surface area contributed by atoms with Crippen molar-refractivity contribution in [2.24, 2.45) is 11.8 Å². The van der Waals surface area contributed by atoms with Crippen LogP contribution in [-0.2, 0) is 4.74 Å². The topological polar surface area (TPSA) is 41.6 Å². The Morgan fingerprint density at radius 1 is 1.41 bits per heavy atom. The van der Waals surface area contributed by atoms with Crippen LogP contribution < -0.4 is 5.32 Å². The number of rotatable bonds is 5. The zero-order chi connectivity index (χ0) is 16.1. The molecule has 0 aliphatic carbocycles. The van der Waals surface area contributed by atoms with Gasteiger partial charge in [-0.1, -0.05) is 37.6 Å². The maximum absolute atomic E-state index is 12.4. The molecule has 0 unspecified atom stereocenters. The first-order valence-corrected chi connectivity index (χ1v) is 8.20. The fourth-order valence-corrected chi connectivity index (χ4v) is 2.87. The van der Waals surface area contributed by atoms with Gasteiger partial charge in [0.15, 0.2) is 0 Å². The van der Waals surface area contributed by atoms with E-state index >= 15 is 0 Å². The van der Waals surface area contributed by atoms with E-state index < -0.39 is 0 Å². The molecule has 1 aromatic rings. The van der Waals surface area contributed by atoms with Crippen LogP contribution in [0.2, 0.25) is 5.02 Å². The quantitative estimate of drug-likeness (QED) is 0.897. The third kappa shape index (κ3) is 4.62. The number of carbonyl (C=O) groups excluding carboxylic acids is 1. The first kappa shape index (κ1) is 17.1. The van der Waals surface area contributed by atoms with Gasteiger partial charge in [-0.15, -0.1) is 0 Å². The number of hydrogen-bond acceptors (Lipinski definition) is 2. The van der Waals surface area contributed by atoms with Crippen LogP contribution in [0.3, 0.4) is 0 Å². The van der Waals surface area contributed by atoms with Gasteiger partial charge < -0.3 is 15.0 Å². The number of benzene rings is 1. The Labute approximate surface area is 137 Å². The maximum atomic E-state index is 12.4. The Balaban J connectivity index is 1.97. The van der Waals surface area contributed by atoms with E-state index in [1.54, 1.807) is 4.90 Å². The summed E-state index contributed by atoms with van der Waals surface area (Å²) in [5.74, 6) is 0.747. The fraction of sp³-hybridized carbons (Fsp3) is 0.588. The third-order valence-electron chi connectivity index (χ3n) is 4.08. The number of hydrogen-bond donors (Lipinski definition) is 1. The van der Waals surface area contributed by atoms with Gasteiger partial charge in [0.1, 0.15) is 0 Å². The highest BCUT2D eigenvalue weighted by atomic mass is 35.5. The van der Waals surface area contributed by atoms with E-state index in [2.05, 4.69) is 19.2 Å². The lowest BCUT2D eigenvalue weighted by atomic mass is 9.96. The van der Waals surface area contributed by atoms with Gasteiger partial charge >= 0.3 is 6.03 Å². The minimum Gasteiger partial charge on any atom is -0.381 e. The van der Waals surface area contributed by atoms with Gasteiger partial charge in [0.2, 0.25) is 0 Å². The van der Waals surface area contributed by atoms with Crippen LogP contribution in [0.5, 0.6) is 0 Å². The SMILES string of the molecule is CC(C)[C@@H](NC(=O)N(C)C[C@@H]1CCOC1)c1ccc(Cl)cc1. The molecule has 0 spiro atoms. The van der Waals surface area contributed by atoms with Crippen LogP contribution in [0.4, 0.5) is 4.79 Å². The first-order chi connectivity index (χ1) is 10.5. The van der Waals surface area contributed by atoms with Crippen molar-refractivity contribution in [3.63, 3.8) is 0 Å². The van der Waals surface area contributed by atoms with E-state index in [1.807, 2.05) is 31.3 Å². The molecule has 2 atom stereocenters. The van der Waals surface area contributed by atoms with Crippen LogP contribution in [0, 0.1) is 11.8 Å². The maximum Gasteiger partial charge on any atom is 0.317 e. The summed E-state index contributed by atoms with van der Waals surface area (Å²) in [4.78, 5) is 14.2. The molecule has 2 rings (SSSR count). The molecule has 1 aliphatic rings. The van der Waals surface area contributed by atoms with E-state index in [-0.39, 0.29) is 12.1 Å².